The van der Waals surface area contributed by atoms with Gasteiger partial charge in [0.05, 0.1) is 11.1 Å². The first-order valence-corrected chi connectivity index (χ1v) is 11.9. The molecule has 2 fully saturated rings. The molecule has 0 unspecified atom stereocenters. The number of benzene rings is 1. The van der Waals surface area contributed by atoms with Crippen LogP contribution in [0.2, 0.25) is 0 Å². The molecule has 9 nitrogen and oxygen atoms in total. The maximum Gasteiger partial charge on any atom is 0.222 e. The first-order chi connectivity index (χ1) is 17.1. The summed E-state index contributed by atoms with van der Waals surface area (Å²) in [6, 6.07) is 10.8. The molecule has 2 saturated heterocycles. The fourth-order valence-electron chi connectivity index (χ4n) is 4.75. The number of aromatic nitrogens is 4. The summed E-state index contributed by atoms with van der Waals surface area (Å²) < 4.78 is 20.9. The molecule has 2 aliphatic rings. The van der Waals surface area contributed by atoms with Crippen molar-refractivity contribution in [2.24, 2.45) is 0 Å². The summed E-state index contributed by atoms with van der Waals surface area (Å²) in [5, 5.41) is 4.23. The van der Waals surface area contributed by atoms with Crippen LogP contribution in [0.1, 0.15) is 6.42 Å². The standard InChI is InChI=1S/C25H27FN8O/c26-19-12-16(2-3-22(19)35-21-5-8-30-24-18(21)4-7-29-24)20-13-23(32-25(27)31-20)34-14-17(15-34)33-10-1-6-28-9-11-33/h2-5,7-8,12-13,17,28H,1,6,9-11,14-15H2,(H,29,30)(H2,27,31,32). The van der Waals surface area contributed by atoms with Crippen LogP contribution in [0, 0.1) is 5.82 Å². The van der Waals surface area contributed by atoms with E-state index in [0.717, 1.165) is 50.5 Å². The molecule has 0 aliphatic carbocycles. The molecule has 1 aromatic carbocycles. The number of ether oxygens (including phenoxy) is 1. The molecule has 0 saturated carbocycles. The SMILES string of the molecule is Nc1nc(-c2ccc(Oc3ccnc4[nH]ccc34)c(F)c2)cc(N2CC(N3CCCNCC3)C2)n1. The molecule has 0 radical (unpaired) electrons. The van der Waals surface area contributed by atoms with E-state index in [1.807, 2.05) is 12.1 Å². The van der Waals surface area contributed by atoms with Gasteiger partial charge in [0.2, 0.25) is 5.95 Å². The summed E-state index contributed by atoms with van der Waals surface area (Å²) >= 11 is 0. The lowest BCUT2D eigenvalue weighted by Crippen LogP contribution is -2.60. The third-order valence-corrected chi connectivity index (χ3v) is 6.67. The van der Waals surface area contributed by atoms with E-state index >= 15 is 4.39 Å². The van der Waals surface area contributed by atoms with Crippen molar-refractivity contribution in [2.75, 3.05) is 49.9 Å². The number of nitrogens with zero attached hydrogens (tertiary/aromatic N) is 5. The second-order valence-corrected chi connectivity index (χ2v) is 8.96. The number of hydrogen-bond donors (Lipinski definition) is 3. The predicted octanol–water partition coefficient (Wildman–Crippen LogP) is 3.02. The monoisotopic (exact) mass is 474 g/mol. The quantitative estimate of drug-likeness (QED) is 0.405. The summed E-state index contributed by atoms with van der Waals surface area (Å²) in [5.74, 6) is 1.11. The Hall–Kier alpha value is -3.76. The van der Waals surface area contributed by atoms with E-state index in [-0.39, 0.29) is 11.7 Å². The third kappa shape index (κ3) is 4.38. The first kappa shape index (κ1) is 21.8. The Morgan fingerprint density at radius 2 is 1.94 bits per heavy atom. The number of nitrogen functional groups attached to an aromatic ring is 1. The van der Waals surface area contributed by atoms with Gasteiger partial charge in [-0.1, -0.05) is 0 Å². The Morgan fingerprint density at radius 1 is 1.03 bits per heavy atom. The number of aromatic amines is 1. The van der Waals surface area contributed by atoms with Crippen molar-refractivity contribution in [2.45, 2.75) is 12.5 Å². The van der Waals surface area contributed by atoms with Gasteiger partial charge in [0.15, 0.2) is 11.6 Å². The first-order valence-electron chi connectivity index (χ1n) is 11.9. The zero-order valence-corrected chi connectivity index (χ0v) is 19.2. The van der Waals surface area contributed by atoms with Crippen molar-refractivity contribution in [3.8, 4) is 22.8 Å². The third-order valence-electron chi connectivity index (χ3n) is 6.67. The van der Waals surface area contributed by atoms with Gasteiger partial charge in [-0.2, -0.15) is 4.98 Å². The molecule has 4 N–H and O–H groups in total. The summed E-state index contributed by atoms with van der Waals surface area (Å²) in [6.45, 7) is 6.10. The van der Waals surface area contributed by atoms with Crippen LogP contribution in [0.15, 0.2) is 48.8 Å². The van der Waals surface area contributed by atoms with Gasteiger partial charge in [0, 0.05) is 56.2 Å². The number of anilines is 2. The topological polar surface area (TPSA) is 108 Å². The largest absolute Gasteiger partial charge is 0.453 e. The van der Waals surface area contributed by atoms with Crippen molar-refractivity contribution in [3.05, 3.63) is 54.6 Å². The minimum atomic E-state index is -0.486. The summed E-state index contributed by atoms with van der Waals surface area (Å²) in [4.78, 5) is 20.8. The fourth-order valence-corrected chi connectivity index (χ4v) is 4.75. The zero-order valence-electron chi connectivity index (χ0n) is 19.2. The number of hydrogen-bond acceptors (Lipinski definition) is 8. The Labute approximate surface area is 202 Å². The highest BCUT2D eigenvalue weighted by Crippen LogP contribution is 2.33. The highest BCUT2D eigenvalue weighted by molar-refractivity contribution is 5.82. The van der Waals surface area contributed by atoms with Gasteiger partial charge in [-0.25, -0.2) is 14.4 Å². The summed E-state index contributed by atoms with van der Waals surface area (Å²) in [6.07, 6.45) is 4.56. The van der Waals surface area contributed by atoms with Gasteiger partial charge in [-0.15, -0.1) is 0 Å². The molecule has 35 heavy (non-hydrogen) atoms. The van der Waals surface area contributed by atoms with Gasteiger partial charge in [0.1, 0.15) is 17.2 Å². The van der Waals surface area contributed by atoms with Crippen LogP contribution in [-0.4, -0.2) is 70.1 Å². The number of fused-ring (bicyclic) bond motifs is 1. The van der Waals surface area contributed by atoms with Crippen molar-refractivity contribution in [1.29, 1.82) is 0 Å². The van der Waals surface area contributed by atoms with Crippen LogP contribution in [0.4, 0.5) is 16.2 Å². The number of nitrogens with one attached hydrogen (secondary N) is 2. The molecule has 180 valence electrons. The number of pyridine rings is 1. The fraction of sp³-hybridized carbons (Fsp3) is 0.320. The smallest absolute Gasteiger partial charge is 0.222 e. The Kier molecular flexibility index (Phi) is 5.67. The molecule has 10 heteroatoms. The van der Waals surface area contributed by atoms with Gasteiger partial charge < -0.3 is 25.7 Å². The minimum absolute atomic E-state index is 0.127. The van der Waals surface area contributed by atoms with E-state index < -0.39 is 5.82 Å². The van der Waals surface area contributed by atoms with Crippen molar-refractivity contribution >= 4 is 22.8 Å². The molecular weight excluding hydrogens is 447 g/mol. The molecule has 0 bridgehead atoms. The van der Waals surface area contributed by atoms with Crippen molar-refractivity contribution in [1.82, 2.24) is 30.2 Å². The van der Waals surface area contributed by atoms with Gasteiger partial charge in [-0.3, -0.25) is 4.90 Å². The predicted molar refractivity (Wildman–Crippen MR) is 133 cm³/mol. The van der Waals surface area contributed by atoms with Gasteiger partial charge in [0.25, 0.3) is 0 Å². The van der Waals surface area contributed by atoms with Crippen LogP contribution < -0.4 is 20.7 Å². The lowest BCUT2D eigenvalue weighted by Gasteiger charge is -2.45. The molecule has 0 atom stereocenters. The van der Waals surface area contributed by atoms with Crippen molar-refractivity contribution < 1.29 is 9.13 Å². The van der Waals surface area contributed by atoms with Crippen LogP contribution >= 0.6 is 0 Å². The zero-order chi connectivity index (χ0) is 23.8. The molecule has 6 rings (SSSR count). The number of halogens is 1. The number of rotatable bonds is 5. The van der Waals surface area contributed by atoms with E-state index in [4.69, 9.17) is 10.5 Å². The average molecular weight is 475 g/mol. The number of H-pyrrole nitrogens is 1. The molecule has 5 heterocycles. The maximum absolute atomic E-state index is 15.0. The van der Waals surface area contributed by atoms with Crippen LogP contribution in [-0.2, 0) is 0 Å². The Bertz CT molecular complexity index is 1340. The van der Waals surface area contributed by atoms with E-state index in [1.54, 1.807) is 30.6 Å². The second kappa shape index (κ2) is 9.12. The van der Waals surface area contributed by atoms with Gasteiger partial charge >= 0.3 is 0 Å². The molecule has 2 aliphatic heterocycles. The van der Waals surface area contributed by atoms with Crippen molar-refractivity contribution in [3.63, 3.8) is 0 Å². The lowest BCUT2D eigenvalue weighted by molar-refractivity contribution is 0.176. The highest BCUT2D eigenvalue weighted by Gasteiger charge is 2.33. The molecule has 3 aromatic heterocycles. The van der Waals surface area contributed by atoms with E-state index in [9.17, 15) is 0 Å². The molecular formula is C25H27FN8O. The van der Waals surface area contributed by atoms with E-state index in [0.29, 0.717) is 28.7 Å². The van der Waals surface area contributed by atoms with Crippen LogP contribution in [0.25, 0.3) is 22.3 Å². The number of nitrogens with two attached hydrogens (primary N) is 1. The second-order valence-electron chi connectivity index (χ2n) is 8.96. The molecule has 0 amide bonds. The minimum Gasteiger partial charge on any atom is -0.453 e. The van der Waals surface area contributed by atoms with Gasteiger partial charge in [-0.05, 0) is 49.8 Å². The van der Waals surface area contributed by atoms with Crippen LogP contribution in [0.5, 0.6) is 11.5 Å². The van der Waals surface area contributed by atoms with E-state index in [1.165, 1.54) is 12.5 Å². The van der Waals surface area contributed by atoms with E-state index in [2.05, 4.69) is 35.1 Å². The summed E-state index contributed by atoms with van der Waals surface area (Å²) in [7, 11) is 0. The normalized spacial score (nSPS) is 17.3. The highest BCUT2D eigenvalue weighted by atomic mass is 19.1. The maximum atomic E-state index is 15.0. The summed E-state index contributed by atoms with van der Waals surface area (Å²) in [5.41, 5.74) is 7.91. The lowest BCUT2D eigenvalue weighted by atomic mass is 10.1. The molecule has 4 aromatic rings. The average Bonchev–Trinajstić information content (AvgIpc) is 3.16. The Morgan fingerprint density at radius 3 is 2.83 bits per heavy atom. The van der Waals surface area contributed by atoms with Crippen LogP contribution in [0.3, 0.4) is 0 Å². The molecule has 0 spiro atoms. The Balaban J connectivity index is 1.19.